The van der Waals surface area contributed by atoms with Crippen molar-refractivity contribution in [3.05, 3.63) is 0 Å². The maximum Gasteiger partial charge on any atom is 0.384 e. The highest BCUT2D eigenvalue weighted by atomic mass is 16.5. The highest BCUT2D eigenvalue weighted by Crippen LogP contribution is 2.76. The molecule has 0 aromatic carbocycles. The third-order valence-electron chi connectivity index (χ3n) is 9.64. The molecule has 29 heavy (non-hydrogen) atoms. The molecule has 1 aliphatic heterocycles. The van der Waals surface area contributed by atoms with Crippen LogP contribution in [0.25, 0.3) is 0 Å². The Morgan fingerprint density at radius 2 is 2.10 bits per heavy atom. The van der Waals surface area contributed by atoms with Gasteiger partial charge in [-0.3, -0.25) is 4.79 Å². The molecule has 5 nitrogen and oxygen atoms in total. The third-order valence-corrected chi connectivity index (χ3v) is 9.64. The smallest absolute Gasteiger partial charge is 0.384 e. The molecular formula is C24H30O5. The summed E-state index contributed by atoms with van der Waals surface area (Å²) in [6.07, 6.45) is 5.92. The molecule has 0 spiro atoms. The van der Waals surface area contributed by atoms with Gasteiger partial charge in [0.2, 0.25) is 0 Å². The molecule has 5 heteroatoms. The summed E-state index contributed by atoms with van der Waals surface area (Å²) in [6.45, 7) is 4.38. The Bertz CT molecular complexity index is 855. The Labute approximate surface area is 171 Å². The number of Topliss-reactive ketones (excluding diaryl/α,β-unsaturated/α-hetero) is 1. The minimum atomic E-state index is -0.826. The van der Waals surface area contributed by atoms with E-state index in [0.29, 0.717) is 49.0 Å². The number of fused-ring (bicyclic) bond motifs is 10. The second kappa shape index (κ2) is 5.65. The van der Waals surface area contributed by atoms with Crippen LogP contribution in [0.15, 0.2) is 0 Å². The molecule has 1 heterocycles. The molecule has 5 aliphatic carbocycles. The Balaban J connectivity index is 1.37. The number of aliphatic hydroxyl groups is 1. The minimum absolute atomic E-state index is 0.197. The average Bonchev–Trinajstić information content (AvgIpc) is 3.59. The summed E-state index contributed by atoms with van der Waals surface area (Å²) in [6, 6.07) is 0. The summed E-state index contributed by atoms with van der Waals surface area (Å²) in [5.41, 5.74) is -1.55. The number of carbonyl (C=O) groups excluding carboxylic acids is 2. The molecule has 0 radical (unpaired) electrons. The van der Waals surface area contributed by atoms with Gasteiger partial charge in [0.1, 0.15) is 11.4 Å². The second-order valence-corrected chi connectivity index (χ2v) is 10.7. The fraction of sp³-hybridized carbons (Fsp3) is 0.833. The van der Waals surface area contributed by atoms with Gasteiger partial charge in [0.05, 0.1) is 18.3 Å². The lowest BCUT2D eigenvalue weighted by Gasteiger charge is -2.62. The van der Waals surface area contributed by atoms with Crippen molar-refractivity contribution in [2.75, 3.05) is 6.61 Å². The van der Waals surface area contributed by atoms with Gasteiger partial charge < -0.3 is 14.6 Å². The standard InChI is InChI=1S/C24H30O5/c1-3-28-19(26)6-9-23-8-5-16-20(21(23)15-11-18(15)29-23)14-10-17(14)24(27)12-13(25)4-7-22(16,24)2/h14-18,20-21,27H,3-5,7-8,10-12H2,1-2H3/t14-,15?,16?,17+,18-,20?,21?,22?,23?,24?/m0/s1. The number of ether oxygens (including phenoxy) is 2. The summed E-state index contributed by atoms with van der Waals surface area (Å²) in [4.78, 5) is 24.2. The topological polar surface area (TPSA) is 72.8 Å². The van der Waals surface area contributed by atoms with Gasteiger partial charge >= 0.3 is 5.97 Å². The molecule has 10 atom stereocenters. The molecule has 5 saturated carbocycles. The van der Waals surface area contributed by atoms with Crippen LogP contribution in [0.5, 0.6) is 0 Å². The minimum Gasteiger partial charge on any atom is -0.456 e. The molecule has 0 aromatic heterocycles. The van der Waals surface area contributed by atoms with Gasteiger partial charge in [0, 0.05) is 30.1 Å². The zero-order chi connectivity index (χ0) is 20.2. The molecule has 7 unspecified atom stereocenters. The van der Waals surface area contributed by atoms with Gasteiger partial charge in [-0.25, -0.2) is 4.79 Å². The van der Waals surface area contributed by atoms with Gasteiger partial charge in [-0.1, -0.05) is 12.8 Å². The molecule has 0 amide bonds. The van der Waals surface area contributed by atoms with Crippen molar-refractivity contribution in [2.24, 2.45) is 40.9 Å². The fourth-order valence-corrected chi connectivity index (χ4v) is 8.30. The van der Waals surface area contributed by atoms with Gasteiger partial charge in [0.15, 0.2) is 0 Å². The van der Waals surface area contributed by atoms with E-state index in [1.165, 1.54) is 0 Å². The summed E-state index contributed by atoms with van der Waals surface area (Å²) >= 11 is 0. The number of hydrogen-bond donors (Lipinski definition) is 1. The molecule has 6 aliphatic rings. The van der Waals surface area contributed by atoms with Crippen molar-refractivity contribution < 1.29 is 24.2 Å². The lowest BCUT2D eigenvalue weighted by molar-refractivity contribution is -0.213. The van der Waals surface area contributed by atoms with Crippen LogP contribution in [0.2, 0.25) is 0 Å². The van der Waals surface area contributed by atoms with Gasteiger partial charge in [-0.05, 0) is 68.6 Å². The maximum absolute atomic E-state index is 12.2. The molecule has 6 rings (SSSR count). The zero-order valence-electron chi connectivity index (χ0n) is 17.3. The Hall–Kier alpha value is -1.38. The zero-order valence-corrected chi connectivity index (χ0v) is 17.3. The quantitative estimate of drug-likeness (QED) is 0.417. The number of carbonyl (C=O) groups is 2. The molecular weight excluding hydrogens is 368 g/mol. The van der Waals surface area contributed by atoms with Crippen molar-refractivity contribution in [2.45, 2.75) is 76.1 Å². The summed E-state index contributed by atoms with van der Waals surface area (Å²) in [5, 5.41) is 11.7. The SMILES string of the molecule is CCOC(=O)C#CC12CCC3C(C1C1C[C@@H]1O2)[C@H]1C[C@H]1C1(O)CC(=O)CCC31C. The van der Waals surface area contributed by atoms with E-state index in [9.17, 15) is 14.7 Å². The first-order chi connectivity index (χ1) is 13.8. The molecule has 0 aromatic rings. The predicted molar refractivity (Wildman–Crippen MR) is 103 cm³/mol. The van der Waals surface area contributed by atoms with Crippen LogP contribution in [0.3, 0.4) is 0 Å². The van der Waals surface area contributed by atoms with Crippen LogP contribution < -0.4 is 0 Å². The Kier molecular flexibility index (Phi) is 3.58. The number of ketones is 1. The largest absolute Gasteiger partial charge is 0.456 e. The van der Waals surface area contributed by atoms with Crippen LogP contribution in [0.4, 0.5) is 0 Å². The van der Waals surface area contributed by atoms with E-state index in [4.69, 9.17) is 9.47 Å². The Morgan fingerprint density at radius 1 is 1.28 bits per heavy atom. The first kappa shape index (κ1) is 18.4. The van der Waals surface area contributed by atoms with Crippen molar-refractivity contribution in [1.29, 1.82) is 0 Å². The lowest BCUT2D eigenvalue weighted by atomic mass is 9.44. The fourth-order valence-electron chi connectivity index (χ4n) is 8.30. The summed E-state index contributed by atoms with van der Waals surface area (Å²) in [7, 11) is 0. The number of rotatable bonds is 1. The van der Waals surface area contributed by atoms with Crippen LogP contribution in [-0.4, -0.2) is 40.8 Å². The van der Waals surface area contributed by atoms with E-state index in [2.05, 4.69) is 18.8 Å². The van der Waals surface area contributed by atoms with E-state index in [-0.39, 0.29) is 23.2 Å². The van der Waals surface area contributed by atoms with Gasteiger partial charge in [-0.2, -0.15) is 0 Å². The molecule has 6 fully saturated rings. The van der Waals surface area contributed by atoms with E-state index >= 15 is 0 Å². The first-order valence-electron chi connectivity index (χ1n) is 11.4. The first-order valence-corrected chi connectivity index (χ1v) is 11.4. The lowest BCUT2D eigenvalue weighted by Crippen LogP contribution is -2.64. The molecule has 1 N–H and O–H groups in total. The highest BCUT2D eigenvalue weighted by molar-refractivity contribution is 5.88. The number of hydrogen-bond acceptors (Lipinski definition) is 5. The maximum atomic E-state index is 12.2. The van der Waals surface area contributed by atoms with Gasteiger partial charge in [0.25, 0.3) is 0 Å². The van der Waals surface area contributed by atoms with Gasteiger partial charge in [-0.15, -0.1) is 0 Å². The van der Waals surface area contributed by atoms with Crippen molar-refractivity contribution in [1.82, 2.24) is 0 Å². The molecule has 0 bridgehead atoms. The molecule has 156 valence electrons. The third kappa shape index (κ3) is 2.25. The van der Waals surface area contributed by atoms with Crippen LogP contribution >= 0.6 is 0 Å². The monoisotopic (exact) mass is 398 g/mol. The summed E-state index contributed by atoms with van der Waals surface area (Å²) in [5.74, 6) is 8.25. The molecule has 1 saturated heterocycles. The van der Waals surface area contributed by atoms with Crippen LogP contribution in [0, 0.1) is 52.8 Å². The normalized spacial score (nSPS) is 55.8. The average molecular weight is 398 g/mol. The van der Waals surface area contributed by atoms with E-state index in [1.54, 1.807) is 6.92 Å². The van der Waals surface area contributed by atoms with Crippen LogP contribution in [-0.2, 0) is 19.1 Å². The predicted octanol–water partition coefficient (Wildman–Crippen LogP) is 2.49. The van der Waals surface area contributed by atoms with E-state index in [0.717, 1.165) is 32.1 Å². The Morgan fingerprint density at radius 3 is 2.90 bits per heavy atom. The van der Waals surface area contributed by atoms with Crippen molar-refractivity contribution in [3.8, 4) is 11.8 Å². The van der Waals surface area contributed by atoms with E-state index < -0.39 is 17.2 Å². The highest BCUT2D eigenvalue weighted by Gasteiger charge is 2.78. The van der Waals surface area contributed by atoms with E-state index in [1.807, 2.05) is 0 Å². The second-order valence-electron chi connectivity index (χ2n) is 10.7. The number of esters is 1. The van der Waals surface area contributed by atoms with Crippen molar-refractivity contribution >= 4 is 11.8 Å². The summed E-state index contributed by atoms with van der Waals surface area (Å²) < 4.78 is 11.5. The van der Waals surface area contributed by atoms with Crippen molar-refractivity contribution in [3.63, 3.8) is 0 Å². The van der Waals surface area contributed by atoms with Crippen LogP contribution in [0.1, 0.15) is 58.8 Å².